The predicted octanol–water partition coefficient (Wildman–Crippen LogP) is 1.24. The molecule has 1 rings (SSSR count). The number of sulfone groups is 1. The molecule has 1 unspecified atom stereocenters. The topological polar surface area (TPSA) is 73.8 Å². The van der Waals surface area contributed by atoms with Crippen molar-refractivity contribution in [3.05, 3.63) is 0 Å². The van der Waals surface area contributed by atoms with E-state index in [1.807, 2.05) is 6.92 Å². The Bertz CT molecular complexity index is 451. The van der Waals surface area contributed by atoms with Crippen LogP contribution in [0, 0.1) is 0 Å². The van der Waals surface area contributed by atoms with Crippen LogP contribution in [0.1, 0.15) is 46.0 Å². The lowest BCUT2D eigenvalue weighted by molar-refractivity contribution is 0.159. The molecule has 2 N–H and O–H groups in total. The van der Waals surface area contributed by atoms with Gasteiger partial charge in [0.15, 0.2) is 5.96 Å². The Balaban J connectivity index is 2.23. The van der Waals surface area contributed by atoms with Crippen LogP contribution in [-0.4, -0.2) is 70.1 Å². The van der Waals surface area contributed by atoms with E-state index in [0.29, 0.717) is 19.0 Å². The smallest absolute Gasteiger partial charge is 0.191 e. The van der Waals surface area contributed by atoms with Crippen molar-refractivity contribution in [1.29, 1.82) is 0 Å². The summed E-state index contributed by atoms with van der Waals surface area (Å²) in [7, 11) is -2.89. The molecule has 0 aromatic heterocycles. The maximum absolute atomic E-state index is 11.1. The minimum atomic E-state index is -2.89. The third kappa shape index (κ3) is 9.81. The molecule has 1 atom stereocenters. The van der Waals surface area contributed by atoms with Crippen molar-refractivity contribution >= 4 is 15.8 Å². The summed E-state index contributed by atoms with van der Waals surface area (Å²) in [6, 6.07) is 0.710. The summed E-state index contributed by atoms with van der Waals surface area (Å²) < 4.78 is 22.2. The quantitative estimate of drug-likeness (QED) is 0.373. The van der Waals surface area contributed by atoms with Gasteiger partial charge in [-0.15, -0.1) is 0 Å². The molecule has 0 bridgehead atoms. The molecule has 0 aliphatic carbocycles. The molecule has 23 heavy (non-hydrogen) atoms. The highest BCUT2D eigenvalue weighted by atomic mass is 32.2. The van der Waals surface area contributed by atoms with Crippen LogP contribution < -0.4 is 10.6 Å². The van der Waals surface area contributed by atoms with Gasteiger partial charge in [-0.25, -0.2) is 8.42 Å². The molecule has 1 aliphatic rings. The third-order valence-electron chi connectivity index (χ3n) is 4.14. The van der Waals surface area contributed by atoms with Crippen LogP contribution in [-0.2, 0) is 9.84 Å². The highest BCUT2D eigenvalue weighted by molar-refractivity contribution is 7.90. The highest BCUT2D eigenvalue weighted by Gasteiger charge is 2.17. The lowest BCUT2D eigenvalue weighted by Crippen LogP contribution is -2.41. The lowest BCUT2D eigenvalue weighted by atomic mass is 10.0. The van der Waals surface area contributed by atoms with Crippen molar-refractivity contribution in [2.45, 2.75) is 52.0 Å². The van der Waals surface area contributed by atoms with Crippen molar-refractivity contribution < 1.29 is 8.42 Å². The van der Waals surface area contributed by atoms with E-state index in [1.54, 1.807) is 0 Å². The van der Waals surface area contributed by atoms with Gasteiger partial charge < -0.3 is 15.5 Å². The Labute approximate surface area is 142 Å². The molecular weight excluding hydrogens is 312 g/mol. The van der Waals surface area contributed by atoms with Crippen molar-refractivity contribution in [3.8, 4) is 0 Å². The van der Waals surface area contributed by atoms with Crippen LogP contribution in [0.15, 0.2) is 4.99 Å². The van der Waals surface area contributed by atoms with Gasteiger partial charge in [-0.05, 0) is 46.1 Å². The molecular formula is C16H34N4O2S. The summed E-state index contributed by atoms with van der Waals surface area (Å²) in [6.07, 6.45) is 6.93. The van der Waals surface area contributed by atoms with Crippen LogP contribution in [0.25, 0.3) is 0 Å². The van der Waals surface area contributed by atoms with Crippen LogP contribution in [0.5, 0.6) is 0 Å². The molecule has 0 spiro atoms. The molecule has 1 saturated heterocycles. The zero-order chi connectivity index (χ0) is 17.1. The number of nitrogens with one attached hydrogen (secondary N) is 2. The average Bonchev–Trinajstić information content (AvgIpc) is 2.48. The standard InChI is InChI=1S/C16H34N4O2S/c1-4-17-16(19-11-8-14-23(3,21)22)18-10-7-13-20-12-6-5-9-15(20)2/h15H,4-14H2,1-3H3,(H2,17,18,19). The van der Waals surface area contributed by atoms with E-state index in [1.165, 1.54) is 32.1 Å². The van der Waals surface area contributed by atoms with Gasteiger partial charge in [0.25, 0.3) is 0 Å². The van der Waals surface area contributed by atoms with E-state index in [2.05, 4.69) is 27.4 Å². The Morgan fingerprint density at radius 1 is 1.26 bits per heavy atom. The first kappa shape index (κ1) is 20.2. The van der Waals surface area contributed by atoms with E-state index in [4.69, 9.17) is 0 Å². The molecule has 0 amide bonds. The zero-order valence-corrected chi connectivity index (χ0v) is 15.8. The Kier molecular flexibility index (Phi) is 9.55. The predicted molar refractivity (Wildman–Crippen MR) is 97.8 cm³/mol. The van der Waals surface area contributed by atoms with Gasteiger partial charge in [-0.2, -0.15) is 0 Å². The third-order valence-corrected chi connectivity index (χ3v) is 5.17. The van der Waals surface area contributed by atoms with Crippen LogP contribution in [0.2, 0.25) is 0 Å². The number of likely N-dealkylation sites (tertiary alicyclic amines) is 1. The summed E-state index contributed by atoms with van der Waals surface area (Å²) in [5, 5.41) is 6.54. The molecule has 1 heterocycles. The molecule has 0 aromatic carbocycles. The highest BCUT2D eigenvalue weighted by Crippen LogP contribution is 2.15. The summed E-state index contributed by atoms with van der Waals surface area (Å²) in [5.41, 5.74) is 0. The fourth-order valence-corrected chi connectivity index (χ4v) is 3.49. The summed E-state index contributed by atoms with van der Waals surface area (Å²) in [6.45, 7) is 8.93. The second-order valence-corrected chi connectivity index (χ2v) is 8.66. The Morgan fingerprint density at radius 2 is 2.04 bits per heavy atom. The van der Waals surface area contributed by atoms with Crippen LogP contribution in [0.4, 0.5) is 0 Å². The van der Waals surface area contributed by atoms with Gasteiger partial charge in [0.2, 0.25) is 0 Å². The van der Waals surface area contributed by atoms with E-state index in [-0.39, 0.29) is 5.75 Å². The molecule has 7 heteroatoms. The van der Waals surface area contributed by atoms with Crippen LogP contribution >= 0.6 is 0 Å². The fraction of sp³-hybridized carbons (Fsp3) is 0.938. The van der Waals surface area contributed by atoms with Crippen LogP contribution in [0.3, 0.4) is 0 Å². The number of guanidine groups is 1. The van der Waals surface area contributed by atoms with Crippen molar-refractivity contribution in [1.82, 2.24) is 15.5 Å². The average molecular weight is 347 g/mol. The second kappa shape index (κ2) is 10.9. The molecule has 1 aliphatic heterocycles. The molecule has 136 valence electrons. The van der Waals surface area contributed by atoms with E-state index >= 15 is 0 Å². The number of rotatable bonds is 9. The summed E-state index contributed by atoms with van der Waals surface area (Å²) in [4.78, 5) is 7.00. The van der Waals surface area contributed by atoms with Gasteiger partial charge in [0.05, 0.1) is 5.75 Å². The van der Waals surface area contributed by atoms with Gasteiger partial charge in [0.1, 0.15) is 9.84 Å². The van der Waals surface area contributed by atoms with Gasteiger partial charge in [0, 0.05) is 38.5 Å². The Morgan fingerprint density at radius 3 is 2.70 bits per heavy atom. The largest absolute Gasteiger partial charge is 0.357 e. The monoisotopic (exact) mass is 346 g/mol. The summed E-state index contributed by atoms with van der Waals surface area (Å²) in [5.74, 6) is 0.982. The second-order valence-electron chi connectivity index (χ2n) is 6.41. The number of hydrogen-bond donors (Lipinski definition) is 2. The maximum Gasteiger partial charge on any atom is 0.191 e. The minimum Gasteiger partial charge on any atom is -0.357 e. The maximum atomic E-state index is 11.1. The van der Waals surface area contributed by atoms with Gasteiger partial charge in [-0.3, -0.25) is 4.99 Å². The number of piperidine rings is 1. The number of nitrogens with zero attached hydrogens (tertiary/aromatic N) is 2. The Hall–Kier alpha value is -0.820. The van der Waals surface area contributed by atoms with E-state index in [0.717, 1.165) is 32.0 Å². The fourth-order valence-electron chi connectivity index (χ4n) is 2.84. The minimum absolute atomic E-state index is 0.197. The van der Waals surface area contributed by atoms with Gasteiger partial charge >= 0.3 is 0 Å². The molecule has 6 nitrogen and oxygen atoms in total. The molecule has 0 radical (unpaired) electrons. The molecule has 0 aromatic rings. The van der Waals surface area contributed by atoms with Crippen molar-refractivity contribution in [3.63, 3.8) is 0 Å². The first-order valence-electron chi connectivity index (χ1n) is 8.86. The van der Waals surface area contributed by atoms with Crippen molar-refractivity contribution in [2.75, 3.05) is 44.7 Å². The first-order chi connectivity index (χ1) is 10.9. The lowest BCUT2D eigenvalue weighted by Gasteiger charge is -2.33. The SMILES string of the molecule is CCNC(=NCCCS(C)(=O)=O)NCCCN1CCCCC1C. The molecule has 0 saturated carbocycles. The first-order valence-corrected chi connectivity index (χ1v) is 10.9. The van der Waals surface area contributed by atoms with Gasteiger partial charge in [-0.1, -0.05) is 6.42 Å². The number of hydrogen-bond acceptors (Lipinski definition) is 4. The summed E-state index contributed by atoms with van der Waals surface area (Å²) >= 11 is 0. The van der Waals surface area contributed by atoms with E-state index < -0.39 is 9.84 Å². The van der Waals surface area contributed by atoms with Crippen molar-refractivity contribution in [2.24, 2.45) is 4.99 Å². The van der Waals surface area contributed by atoms with E-state index in [9.17, 15) is 8.42 Å². The molecule has 1 fully saturated rings. The number of aliphatic imine (C=N–C) groups is 1. The normalized spacial score (nSPS) is 20.5. The zero-order valence-electron chi connectivity index (χ0n) is 15.0.